The lowest BCUT2D eigenvalue weighted by atomic mass is 9.98. The highest BCUT2D eigenvalue weighted by Gasteiger charge is 2.42. The molecule has 1 aliphatic heterocycles. The normalized spacial score (nSPS) is 43.4. The Bertz CT molecular complexity index is 222. The molecule has 4 N–H and O–H groups in total. The molecule has 0 aromatic carbocycles. The highest BCUT2D eigenvalue weighted by molar-refractivity contribution is 5.73. The van der Waals surface area contributed by atoms with Crippen LogP contribution in [0.25, 0.3) is 0 Å². The zero-order valence-corrected chi connectivity index (χ0v) is 8.04. The molecule has 5 atom stereocenters. The van der Waals surface area contributed by atoms with Gasteiger partial charge in [0.1, 0.15) is 18.2 Å². The zero-order chi connectivity index (χ0) is 10.9. The number of hydrogen-bond donors (Lipinski definition) is 4. The van der Waals surface area contributed by atoms with Crippen molar-refractivity contribution in [3.05, 3.63) is 0 Å². The van der Waals surface area contributed by atoms with Crippen molar-refractivity contribution in [2.75, 3.05) is 0 Å². The molecule has 6 heteroatoms. The van der Waals surface area contributed by atoms with Gasteiger partial charge in [0, 0.05) is 6.92 Å². The lowest BCUT2D eigenvalue weighted by molar-refractivity contribution is -0.242. The Labute approximate surface area is 81.5 Å². The van der Waals surface area contributed by atoms with Crippen LogP contribution in [0.4, 0.5) is 0 Å². The Balaban J connectivity index is 2.68. The van der Waals surface area contributed by atoms with Crippen LogP contribution in [0.1, 0.15) is 13.8 Å². The molecule has 1 heterocycles. The predicted octanol–water partition coefficient (Wildman–Crippen LogP) is -2.05. The number of hydrogen-bond acceptors (Lipinski definition) is 5. The van der Waals surface area contributed by atoms with Gasteiger partial charge in [-0.1, -0.05) is 0 Å². The number of ether oxygens (including phenoxy) is 1. The van der Waals surface area contributed by atoms with Gasteiger partial charge in [-0.2, -0.15) is 0 Å². The first-order chi connectivity index (χ1) is 6.43. The molecule has 1 saturated heterocycles. The van der Waals surface area contributed by atoms with Crippen molar-refractivity contribution >= 4 is 5.91 Å². The first-order valence-corrected chi connectivity index (χ1v) is 4.40. The van der Waals surface area contributed by atoms with E-state index in [9.17, 15) is 20.1 Å². The fourth-order valence-electron chi connectivity index (χ4n) is 1.44. The van der Waals surface area contributed by atoms with Crippen molar-refractivity contribution in [2.45, 2.75) is 44.5 Å². The van der Waals surface area contributed by atoms with Crippen LogP contribution in [0.2, 0.25) is 0 Å². The maximum Gasteiger partial charge on any atom is 0.217 e. The van der Waals surface area contributed by atoms with Gasteiger partial charge in [-0.05, 0) is 6.92 Å². The molecule has 0 aromatic rings. The van der Waals surface area contributed by atoms with Gasteiger partial charge >= 0.3 is 0 Å². The second kappa shape index (κ2) is 4.22. The number of rotatable bonds is 1. The Morgan fingerprint density at radius 1 is 1.29 bits per heavy atom. The van der Waals surface area contributed by atoms with E-state index in [1.165, 1.54) is 13.8 Å². The smallest absolute Gasteiger partial charge is 0.217 e. The molecular formula is C8H15NO5. The molecular weight excluding hydrogens is 190 g/mol. The second-order valence-electron chi connectivity index (χ2n) is 3.44. The quantitative estimate of drug-likeness (QED) is 0.395. The van der Waals surface area contributed by atoms with Gasteiger partial charge in [0.05, 0.1) is 6.10 Å². The summed E-state index contributed by atoms with van der Waals surface area (Å²) < 4.78 is 4.91. The van der Waals surface area contributed by atoms with E-state index in [-0.39, 0.29) is 0 Å². The molecule has 0 aliphatic carbocycles. The zero-order valence-electron chi connectivity index (χ0n) is 8.04. The van der Waals surface area contributed by atoms with Crippen LogP contribution in [0.15, 0.2) is 0 Å². The molecule has 6 nitrogen and oxygen atoms in total. The summed E-state index contributed by atoms with van der Waals surface area (Å²) >= 11 is 0. The lowest BCUT2D eigenvalue weighted by Gasteiger charge is -2.39. The molecule has 2 unspecified atom stereocenters. The summed E-state index contributed by atoms with van der Waals surface area (Å²) in [4.78, 5) is 10.7. The van der Waals surface area contributed by atoms with Crippen LogP contribution in [-0.2, 0) is 9.53 Å². The minimum atomic E-state index is -1.30. The maximum atomic E-state index is 10.7. The molecule has 1 fully saturated rings. The highest BCUT2D eigenvalue weighted by Crippen LogP contribution is 2.19. The summed E-state index contributed by atoms with van der Waals surface area (Å²) in [6.07, 6.45) is -4.30. The molecule has 0 saturated carbocycles. The number of nitrogens with one attached hydrogen (secondary N) is 1. The predicted molar refractivity (Wildman–Crippen MR) is 46.2 cm³/mol. The van der Waals surface area contributed by atoms with E-state index in [1.54, 1.807) is 0 Å². The van der Waals surface area contributed by atoms with Crippen LogP contribution in [0.3, 0.4) is 0 Å². The third-order valence-electron chi connectivity index (χ3n) is 2.23. The fourth-order valence-corrected chi connectivity index (χ4v) is 1.44. The second-order valence-corrected chi connectivity index (χ2v) is 3.44. The number of carbonyl (C=O) groups excluding carboxylic acids is 1. The monoisotopic (exact) mass is 205 g/mol. The summed E-state index contributed by atoms with van der Waals surface area (Å²) in [5.41, 5.74) is 0. The van der Waals surface area contributed by atoms with Crippen LogP contribution < -0.4 is 5.32 Å². The Hall–Kier alpha value is -0.690. The summed E-state index contributed by atoms with van der Waals surface area (Å²) in [6, 6.07) is -0.987. The van der Waals surface area contributed by atoms with E-state index in [0.29, 0.717) is 0 Å². The van der Waals surface area contributed by atoms with Gasteiger partial charge in [-0.15, -0.1) is 0 Å². The summed E-state index contributed by atoms with van der Waals surface area (Å²) in [6.45, 7) is 2.78. The van der Waals surface area contributed by atoms with Crippen molar-refractivity contribution in [1.29, 1.82) is 0 Å². The standard InChI is InChI=1S/C8H15NO5/c1-3-6(11)7(12)5(8(13)14-3)9-4(2)10/h3,5-8,11-13H,1-2H3,(H,9,10)/t3?,5?,6-,7+,8-/m1/s1. The van der Waals surface area contributed by atoms with Crippen molar-refractivity contribution in [3.63, 3.8) is 0 Å². The molecule has 0 spiro atoms. The van der Waals surface area contributed by atoms with Crippen molar-refractivity contribution in [1.82, 2.24) is 5.32 Å². The Morgan fingerprint density at radius 2 is 1.86 bits per heavy atom. The minimum absolute atomic E-state index is 0.404. The Kier molecular flexibility index (Phi) is 3.43. The Morgan fingerprint density at radius 3 is 2.36 bits per heavy atom. The number of carbonyl (C=O) groups is 1. The van der Waals surface area contributed by atoms with E-state index >= 15 is 0 Å². The van der Waals surface area contributed by atoms with Crippen molar-refractivity contribution in [2.24, 2.45) is 0 Å². The number of aliphatic hydroxyl groups excluding tert-OH is 3. The summed E-state index contributed by atoms with van der Waals surface area (Å²) in [5.74, 6) is -0.404. The first-order valence-electron chi connectivity index (χ1n) is 4.40. The first kappa shape index (κ1) is 11.4. The van der Waals surface area contributed by atoms with E-state index in [1.807, 2.05) is 0 Å². The van der Waals surface area contributed by atoms with Crippen molar-refractivity contribution in [3.8, 4) is 0 Å². The summed E-state index contributed by atoms with van der Waals surface area (Å²) in [7, 11) is 0. The highest BCUT2D eigenvalue weighted by atomic mass is 16.6. The van der Waals surface area contributed by atoms with Gasteiger partial charge in [0.2, 0.25) is 5.91 Å². The van der Waals surface area contributed by atoms with E-state index < -0.39 is 36.6 Å². The largest absolute Gasteiger partial charge is 0.388 e. The molecule has 0 radical (unpaired) electrons. The molecule has 0 bridgehead atoms. The molecule has 82 valence electrons. The van der Waals surface area contributed by atoms with Gasteiger partial charge in [0.25, 0.3) is 0 Å². The topological polar surface area (TPSA) is 99.0 Å². The number of aliphatic hydroxyl groups is 3. The minimum Gasteiger partial charge on any atom is -0.388 e. The fraction of sp³-hybridized carbons (Fsp3) is 0.875. The van der Waals surface area contributed by atoms with E-state index in [0.717, 1.165) is 0 Å². The SMILES string of the molecule is CC(=O)NC1[C@H](O)OC(C)[C@@H](O)[C@H]1O. The van der Waals surface area contributed by atoms with Crippen LogP contribution >= 0.6 is 0 Å². The van der Waals surface area contributed by atoms with Crippen LogP contribution in [0, 0.1) is 0 Å². The van der Waals surface area contributed by atoms with Gasteiger partial charge in [-0.3, -0.25) is 4.79 Å². The van der Waals surface area contributed by atoms with Gasteiger partial charge in [0.15, 0.2) is 6.29 Å². The maximum absolute atomic E-state index is 10.7. The summed E-state index contributed by atoms with van der Waals surface area (Å²) in [5, 5.41) is 30.6. The molecule has 1 rings (SSSR count). The molecule has 1 aliphatic rings. The van der Waals surface area contributed by atoms with Crippen LogP contribution in [0.5, 0.6) is 0 Å². The molecule has 14 heavy (non-hydrogen) atoms. The molecule has 0 aromatic heterocycles. The van der Waals surface area contributed by atoms with Gasteiger partial charge < -0.3 is 25.4 Å². The van der Waals surface area contributed by atoms with Crippen LogP contribution in [-0.4, -0.2) is 51.9 Å². The molecule has 1 amide bonds. The third-order valence-corrected chi connectivity index (χ3v) is 2.23. The average molecular weight is 205 g/mol. The van der Waals surface area contributed by atoms with E-state index in [2.05, 4.69) is 5.32 Å². The third kappa shape index (κ3) is 2.21. The number of amides is 1. The average Bonchev–Trinajstić information content (AvgIpc) is 2.09. The lowest BCUT2D eigenvalue weighted by Crippen LogP contribution is -2.62. The van der Waals surface area contributed by atoms with Crippen molar-refractivity contribution < 1.29 is 24.9 Å². The van der Waals surface area contributed by atoms with E-state index in [4.69, 9.17) is 4.74 Å². The van der Waals surface area contributed by atoms with Gasteiger partial charge in [-0.25, -0.2) is 0 Å².